The summed E-state index contributed by atoms with van der Waals surface area (Å²) in [5, 5.41) is 15.4. The number of nitrogens with zero attached hydrogens (tertiary/aromatic N) is 3. The molecule has 0 aliphatic heterocycles. The first-order valence-corrected chi connectivity index (χ1v) is 8.79. The molecule has 0 fully saturated rings. The summed E-state index contributed by atoms with van der Waals surface area (Å²) in [7, 11) is 0. The molecule has 122 valence electrons. The highest BCUT2D eigenvalue weighted by atomic mass is 35.5. The number of aryl methyl sites for hydroxylation is 2. The van der Waals surface area contributed by atoms with Gasteiger partial charge in [-0.15, -0.1) is 11.3 Å². The summed E-state index contributed by atoms with van der Waals surface area (Å²) in [5.74, 6) is 0.691. The fourth-order valence-corrected chi connectivity index (χ4v) is 4.47. The maximum atomic E-state index is 11.1. The number of hydrogen-bond acceptors (Lipinski definition) is 6. The molecule has 1 aliphatic carbocycles. The SMILES string of the molecule is O=[N+]([O-])c1cc(Nc2ncnc3sc4c(c23)CCCC4)ccc1Cl. The molecule has 2 heterocycles. The molecule has 0 amide bonds. The average molecular weight is 361 g/mol. The molecular weight excluding hydrogens is 348 g/mol. The number of hydrogen-bond donors (Lipinski definition) is 1. The van der Waals surface area contributed by atoms with Crippen LogP contribution in [0.2, 0.25) is 5.02 Å². The van der Waals surface area contributed by atoms with Crippen molar-refractivity contribution in [2.24, 2.45) is 0 Å². The van der Waals surface area contributed by atoms with E-state index in [1.165, 1.54) is 41.7 Å². The minimum atomic E-state index is -0.491. The minimum Gasteiger partial charge on any atom is -0.339 e. The number of nitrogens with one attached hydrogen (secondary N) is 1. The minimum absolute atomic E-state index is 0.117. The van der Waals surface area contributed by atoms with Gasteiger partial charge in [0.05, 0.1) is 10.3 Å². The van der Waals surface area contributed by atoms with E-state index in [9.17, 15) is 10.1 Å². The van der Waals surface area contributed by atoms with E-state index in [0.29, 0.717) is 11.5 Å². The predicted molar refractivity (Wildman–Crippen MR) is 95.4 cm³/mol. The Morgan fingerprint density at radius 2 is 2.08 bits per heavy atom. The lowest BCUT2D eigenvalue weighted by Crippen LogP contribution is -2.01. The van der Waals surface area contributed by atoms with Gasteiger partial charge in [-0.3, -0.25) is 10.1 Å². The van der Waals surface area contributed by atoms with Crippen molar-refractivity contribution in [3.05, 3.63) is 50.1 Å². The number of nitro benzene ring substituents is 1. The molecule has 0 radical (unpaired) electrons. The lowest BCUT2D eigenvalue weighted by Gasteiger charge is -2.12. The van der Waals surface area contributed by atoms with Gasteiger partial charge in [-0.2, -0.15) is 0 Å². The molecule has 6 nitrogen and oxygen atoms in total. The van der Waals surface area contributed by atoms with Gasteiger partial charge in [-0.1, -0.05) is 11.6 Å². The summed E-state index contributed by atoms with van der Waals surface area (Å²) in [6.07, 6.45) is 6.01. The zero-order chi connectivity index (χ0) is 16.7. The van der Waals surface area contributed by atoms with Crippen molar-refractivity contribution in [3.8, 4) is 0 Å². The maximum absolute atomic E-state index is 11.1. The lowest BCUT2D eigenvalue weighted by molar-refractivity contribution is -0.384. The number of fused-ring (bicyclic) bond motifs is 3. The van der Waals surface area contributed by atoms with E-state index in [4.69, 9.17) is 11.6 Å². The first-order chi connectivity index (χ1) is 11.6. The molecule has 3 aromatic rings. The molecule has 4 rings (SSSR count). The third-order valence-corrected chi connectivity index (χ3v) is 5.68. The van der Waals surface area contributed by atoms with Crippen LogP contribution in [0, 0.1) is 10.1 Å². The quantitative estimate of drug-likeness (QED) is 0.532. The van der Waals surface area contributed by atoms with E-state index >= 15 is 0 Å². The Bertz CT molecular complexity index is 957. The van der Waals surface area contributed by atoms with E-state index in [0.717, 1.165) is 23.1 Å². The van der Waals surface area contributed by atoms with E-state index in [1.807, 2.05) is 0 Å². The Labute approximate surface area is 146 Å². The van der Waals surface area contributed by atoms with Crippen molar-refractivity contribution in [1.29, 1.82) is 0 Å². The molecule has 2 aromatic heterocycles. The van der Waals surface area contributed by atoms with Gasteiger partial charge in [0.25, 0.3) is 5.69 Å². The van der Waals surface area contributed by atoms with E-state index < -0.39 is 4.92 Å². The number of benzene rings is 1. The molecule has 1 aromatic carbocycles. The summed E-state index contributed by atoms with van der Waals surface area (Å²) in [6.45, 7) is 0. The highest BCUT2D eigenvalue weighted by molar-refractivity contribution is 7.19. The molecule has 0 saturated heterocycles. The summed E-state index contributed by atoms with van der Waals surface area (Å²) in [6, 6.07) is 4.65. The molecular formula is C16H13ClN4O2S. The van der Waals surface area contributed by atoms with Crippen molar-refractivity contribution in [1.82, 2.24) is 9.97 Å². The topological polar surface area (TPSA) is 81.0 Å². The van der Waals surface area contributed by atoms with Crippen LogP contribution in [-0.2, 0) is 12.8 Å². The Kier molecular flexibility index (Phi) is 3.82. The molecule has 1 aliphatic rings. The highest BCUT2D eigenvalue weighted by Crippen LogP contribution is 2.39. The fraction of sp³-hybridized carbons (Fsp3) is 0.250. The van der Waals surface area contributed by atoms with Gasteiger partial charge in [-0.25, -0.2) is 9.97 Å². The van der Waals surface area contributed by atoms with Gasteiger partial charge in [0.1, 0.15) is 22.0 Å². The van der Waals surface area contributed by atoms with E-state index in [2.05, 4.69) is 15.3 Å². The summed E-state index contributed by atoms with van der Waals surface area (Å²) < 4.78 is 0. The number of thiophene rings is 1. The normalized spacial score (nSPS) is 13.7. The number of nitro groups is 1. The predicted octanol–water partition coefficient (Wildman–Crippen LogP) is 4.88. The van der Waals surface area contributed by atoms with Gasteiger partial charge in [0, 0.05) is 16.6 Å². The number of rotatable bonds is 3. The van der Waals surface area contributed by atoms with Crippen molar-refractivity contribution in [2.75, 3.05) is 5.32 Å². The molecule has 0 spiro atoms. The van der Waals surface area contributed by atoms with E-state index in [1.54, 1.807) is 17.4 Å². The van der Waals surface area contributed by atoms with Crippen molar-refractivity contribution < 1.29 is 4.92 Å². The van der Waals surface area contributed by atoms with Gasteiger partial charge in [0.15, 0.2) is 0 Å². The second-order valence-corrected chi connectivity index (χ2v) is 7.15. The van der Waals surface area contributed by atoms with Crippen LogP contribution in [-0.4, -0.2) is 14.9 Å². The summed E-state index contributed by atoms with van der Waals surface area (Å²) in [4.78, 5) is 21.7. The zero-order valence-corrected chi connectivity index (χ0v) is 14.2. The molecule has 1 N–H and O–H groups in total. The monoisotopic (exact) mass is 360 g/mol. The molecule has 8 heteroatoms. The number of anilines is 2. The molecule has 0 unspecified atom stereocenters. The smallest absolute Gasteiger partial charge is 0.289 e. The fourth-order valence-electron chi connectivity index (χ4n) is 3.05. The molecule has 24 heavy (non-hydrogen) atoms. The van der Waals surface area contributed by atoms with Crippen LogP contribution in [0.5, 0.6) is 0 Å². The van der Waals surface area contributed by atoms with Crippen LogP contribution < -0.4 is 5.32 Å². The first-order valence-electron chi connectivity index (χ1n) is 7.59. The second-order valence-electron chi connectivity index (χ2n) is 5.66. The van der Waals surface area contributed by atoms with Crippen molar-refractivity contribution in [2.45, 2.75) is 25.7 Å². The Hall–Kier alpha value is -2.25. The van der Waals surface area contributed by atoms with Gasteiger partial charge >= 0.3 is 0 Å². The standard InChI is InChI=1S/C16H13ClN4O2S/c17-11-6-5-9(7-12(11)21(22)23)20-15-14-10-3-1-2-4-13(10)24-16(14)19-8-18-15/h5-8H,1-4H2,(H,18,19,20). The van der Waals surface area contributed by atoms with Crippen molar-refractivity contribution >= 4 is 50.3 Å². The van der Waals surface area contributed by atoms with Gasteiger partial charge in [0.2, 0.25) is 0 Å². The molecule has 0 bridgehead atoms. The molecule has 0 saturated carbocycles. The number of aromatic nitrogens is 2. The Morgan fingerprint density at radius 3 is 2.92 bits per heavy atom. The van der Waals surface area contributed by atoms with Crippen LogP contribution in [0.4, 0.5) is 17.2 Å². The second kappa shape index (κ2) is 5.99. The van der Waals surface area contributed by atoms with E-state index in [-0.39, 0.29) is 10.7 Å². The third-order valence-electron chi connectivity index (χ3n) is 4.16. The first kappa shape index (κ1) is 15.3. The van der Waals surface area contributed by atoms with Crippen LogP contribution in [0.1, 0.15) is 23.3 Å². The zero-order valence-electron chi connectivity index (χ0n) is 12.6. The number of halogens is 1. The highest BCUT2D eigenvalue weighted by Gasteiger charge is 2.20. The summed E-state index contributed by atoms with van der Waals surface area (Å²) >= 11 is 7.59. The van der Waals surface area contributed by atoms with Gasteiger partial charge in [-0.05, 0) is 43.4 Å². The third kappa shape index (κ3) is 2.59. The summed E-state index contributed by atoms with van der Waals surface area (Å²) in [5.41, 5.74) is 1.77. The average Bonchev–Trinajstić information content (AvgIpc) is 2.96. The Morgan fingerprint density at radius 1 is 1.25 bits per heavy atom. The van der Waals surface area contributed by atoms with Crippen LogP contribution in [0.3, 0.4) is 0 Å². The van der Waals surface area contributed by atoms with Crippen LogP contribution >= 0.6 is 22.9 Å². The van der Waals surface area contributed by atoms with Crippen LogP contribution in [0.25, 0.3) is 10.2 Å². The van der Waals surface area contributed by atoms with Crippen molar-refractivity contribution in [3.63, 3.8) is 0 Å². The lowest BCUT2D eigenvalue weighted by atomic mass is 9.97. The molecule has 0 atom stereocenters. The van der Waals surface area contributed by atoms with Gasteiger partial charge < -0.3 is 5.32 Å². The Balaban J connectivity index is 1.79. The van der Waals surface area contributed by atoms with Crippen LogP contribution in [0.15, 0.2) is 24.5 Å². The maximum Gasteiger partial charge on any atom is 0.289 e. The largest absolute Gasteiger partial charge is 0.339 e.